The van der Waals surface area contributed by atoms with Crippen molar-refractivity contribution in [3.05, 3.63) is 53.3 Å². The number of ether oxygens (including phenoxy) is 2. The van der Waals surface area contributed by atoms with E-state index in [4.69, 9.17) is 9.47 Å². The molecule has 1 aromatic carbocycles. The van der Waals surface area contributed by atoms with Gasteiger partial charge in [0.25, 0.3) is 5.91 Å². The molecular formula is C16H16N2O3. The second-order valence-corrected chi connectivity index (χ2v) is 4.84. The molecule has 0 saturated carbocycles. The number of benzene rings is 1. The van der Waals surface area contributed by atoms with Gasteiger partial charge in [-0.15, -0.1) is 0 Å². The predicted molar refractivity (Wildman–Crippen MR) is 78.0 cm³/mol. The molecule has 2 heterocycles. The van der Waals surface area contributed by atoms with E-state index in [1.807, 2.05) is 24.3 Å². The molecule has 1 aliphatic heterocycles. The van der Waals surface area contributed by atoms with Gasteiger partial charge < -0.3 is 14.8 Å². The highest BCUT2D eigenvalue weighted by atomic mass is 16.5. The minimum atomic E-state index is -0.0742. The Bertz CT molecular complexity index is 685. The number of amides is 1. The number of hydrogen-bond donors (Lipinski definition) is 1. The van der Waals surface area contributed by atoms with Gasteiger partial charge in [-0.05, 0) is 29.3 Å². The van der Waals surface area contributed by atoms with Gasteiger partial charge in [0.2, 0.25) is 0 Å². The Morgan fingerprint density at radius 3 is 2.76 bits per heavy atom. The molecule has 21 heavy (non-hydrogen) atoms. The smallest absolute Gasteiger partial charge is 0.253 e. The van der Waals surface area contributed by atoms with E-state index in [0.29, 0.717) is 23.6 Å². The van der Waals surface area contributed by atoms with Crippen LogP contribution in [0.25, 0.3) is 0 Å². The molecule has 2 aromatic rings. The summed E-state index contributed by atoms with van der Waals surface area (Å²) in [6.07, 6.45) is 3.32. The molecule has 1 amide bonds. The zero-order valence-corrected chi connectivity index (χ0v) is 11.9. The monoisotopic (exact) mass is 284 g/mol. The lowest BCUT2D eigenvalue weighted by molar-refractivity contribution is 0.0942. The van der Waals surface area contributed by atoms with E-state index < -0.39 is 0 Å². The summed E-state index contributed by atoms with van der Waals surface area (Å²) >= 11 is 0. The number of nitrogens with one attached hydrogen (secondary N) is 1. The van der Waals surface area contributed by atoms with Gasteiger partial charge in [0.15, 0.2) is 11.5 Å². The van der Waals surface area contributed by atoms with Crippen molar-refractivity contribution in [2.75, 3.05) is 20.8 Å². The number of rotatable bonds is 3. The van der Waals surface area contributed by atoms with Gasteiger partial charge in [0.05, 0.1) is 19.8 Å². The average Bonchev–Trinajstić information content (AvgIpc) is 2.55. The third kappa shape index (κ3) is 2.31. The number of methoxy groups -OCH3 is 2. The minimum Gasteiger partial charge on any atom is -0.493 e. The summed E-state index contributed by atoms with van der Waals surface area (Å²) in [5.74, 6) is 1.38. The van der Waals surface area contributed by atoms with E-state index in [2.05, 4.69) is 10.3 Å². The Kier molecular flexibility index (Phi) is 3.48. The van der Waals surface area contributed by atoms with Gasteiger partial charge >= 0.3 is 0 Å². The van der Waals surface area contributed by atoms with Gasteiger partial charge in [-0.1, -0.05) is 6.07 Å². The summed E-state index contributed by atoms with van der Waals surface area (Å²) in [6.45, 7) is 0.561. The van der Waals surface area contributed by atoms with Gasteiger partial charge in [-0.3, -0.25) is 9.78 Å². The van der Waals surface area contributed by atoms with Gasteiger partial charge in [0.1, 0.15) is 0 Å². The number of carbonyl (C=O) groups is 1. The third-order valence-corrected chi connectivity index (χ3v) is 3.75. The van der Waals surface area contributed by atoms with Crippen molar-refractivity contribution < 1.29 is 14.3 Å². The summed E-state index contributed by atoms with van der Waals surface area (Å²) in [5.41, 5.74) is 2.68. The molecule has 0 fully saturated rings. The summed E-state index contributed by atoms with van der Waals surface area (Å²) in [5, 5.41) is 2.90. The van der Waals surface area contributed by atoms with Crippen LogP contribution >= 0.6 is 0 Å². The average molecular weight is 284 g/mol. The normalized spacial score (nSPS) is 16.9. The molecule has 5 heteroatoms. The summed E-state index contributed by atoms with van der Waals surface area (Å²) in [7, 11) is 3.22. The molecule has 1 unspecified atom stereocenters. The van der Waals surface area contributed by atoms with E-state index in [9.17, 15) is 4.79 Å². The molecule has 0 spiro atoms. The van der Waals surface area contributed by atoms with Crippen molar-refractivity contribution in [3.63, 3.8) is 0 Å². The third-order valence-electron chi connectivity index (χ3n) is 3.75. The first-order chi connectivity index (χ1) is 10.2. The lowest BCUT2D eigenvalue weighted by Crippen LogP contribution is -2.35. The van der Waals surface area contributed by atoms with Crippen LogP contribution in [0.1, 0.15) is 27.4 Å². The Balaban J connectivity index is 2.05. The zero-order valence-electron chi connectivity index (χ0n) is 11.9. The van der Waals surface area contributed by atoms with Crippen LogP contribution in [0.4, 0.5) is 0 Å². The van der Waals surface area contributed by atoms with Crippen LogP contribution in [-0.4, -0.2) is 31.7 Å². The maximum absolute atomic E-state index is 11.9. The molecule has 1 atom stereocenters. The standard InChI is InChI=1S/C16H16N2O3/c1-20-14-4-3-10(7-15(14)21-2)12-9-18-16(19)13-8-17-6-5-11(12)13/h3-8,12H,9H2,1-2H3,(H,18,19). The molecule has 3 rings (SSSR count). The molecule has 1 aromatic heterocycles. The molecule has 0 bridgehead atoms. The first-order valence-electron chi connectivity index (χ1n) is 6.68. The number of aromatic nitrogens is 1. The SMILES string of the molecule is COc1ccc(C2CNC(=O)c3cnccc32)cc1OC. The van der Waals surface area contributed by atoms with E-state index in [-0.39, 0.29) is 11.8 Å². The Labute approximate surface area is 122 Å². The van der Waals surface area contributed by atoms with Gasteiger partial charge in [-0.25, -0.2) is 0 Å². The molecule has 1 aliphatic rings. The quantitative estimate of drug-likeness (QED) is 0.936. The fourth-order valence-corrected chi connectivity index (χ4v) is 2.67. The van der Waals surface area contributed by atoms with Gasteiger partial charge in [-0.2, -0.15) is 0 Å². The first kappa shape index (κ1) is 13.4. The maximum Gasteiger partial charge on any atom is 0.253 e. The van der Waals surface area contributed by atoms with E-state index in [1.54, 1.807) is 26.6 Å². The fourth-order valence-electron chi connectivity index (χ4n) is 2.67. The number of pyridine rings is 1. The maximum atomic E-state index is 11.9. The van der Waals surface area contributed by atoms with Crippen LogP contribution in [0.15, 0.2) is 36.7 Å². The Hall–Kier alpha value is -2.56. The molecule has 108 valence electrons. The highest BCUT2D eigenvalue weighted by Crippen LogP contribution is 2.35. The molecule has 1 N–H and O–H groups in total. The highest BCUT2D eigenvalue weighted by Gasteiger charge is 2.27. The highest BCUT2D eigenvalue weighted by molar-refractivity contribution is 5.97. The summed E-state index contributed by atoms with van der Waals surface area (Å²) in [6, 6.07) is 7.72. The summed E-state index contributed by atoms with van der Waals surface area (Å²) < 4.78 is 10.6. The van der Waals surface area contributed by atoms with E-state index >= 15 is 0 Å². The van der Waals surface area contributed by atoms with Crippen molar-refractivity contribution in [2.45, 2.75) is 5.92 Å². The van der Waals surface area contributed by atoms with E-state index in [0.717, 1.165) is 11.1 Å². The predicted octanol–water partition coefficient (Wildman–Crippen LogP) is 1.97. The van der Waals surface area contributed by atoms with Crippen molar-refractivity contribution in [2.24, 2.45) is 0 Å². The Morgan fingerprint density at radius 1 is 1.19 bits per heavy atom. The first-order valence-corrected chi connectivity index (χ1v) is 6.68. The minimum absolute atomic E-state index is 0.0742. The fraction of sp³-hybridized carbons (Fsp3) is 0.250. The molecule has 0 saturated heterocycles. The molecular weight excluding hydrogens is 268 g/mol. The van der Waals surface area contributed by atoms with Crippen LogP contribution in [0.5, 0.6) is 11.5 Å². The van der Waals surface area contributed by atoms with Crippen molar-refractivity contribution in [1.29, 1.82) is 0 Å². The van der Waals surface area contributed by atoms with Crippen molar-refractivity contribution in [1.82, 2.24) is 10.3 Å². The number of carbonyl (C=O) groups excluding carboxylic acids is 1. The lowest BCUT2D eigenvalue weighted by Gasteiger charge is -2.26. The number of nitrogens with zero attached hydrogens (tertiary/aromatic N) is 1. The van der Waals surface area contributed by atoms with Crippen LogP contribution in [0.3, 0.4) is 0 Å². The molecule has 0 aliphatic carbocycles. The van der Waals surface area contributed by atoms with Gasteiger partial charge in [0, 0.05) is 24.9 Å². The topological polar surface area (TPSA) is 60.5 Å². The molecule has 0 radical (unpaired) electrons. The largest absolute Gasteiger partial charge is 0.493 e. The second kappa shape index (κ2) is 5.44. The Morgan fingerprint density at radius 2 is 2.00 bits per heavy atom. The molecule has 5 nitrogen and oxygen atoms in total. The van der Waals surface area contributed by atoms with Crippen molar-refractivity contribution >= 4 is 5.91 Å². The number of fused-ring (bicyclic) bond motifs is 1. The number of hydrogen-bond acceptors (Lipinski definition) is 4. The lowest BCUT2D eigenvalue weighted by atomic mass is 9.86. The zero-order chi connectivity index (χ0) is 14.8. The van der Waals surface area contributed by atoms with E-state index in [1.165, 1.54) is 0 Å². The van der Waals surface area contributed by atoms with Crippen molar-refractivity contribution in [3.8, 4) is 11.5 Å². The van der Waals surface area contributed by atoms with Crippen LogP contribution in [-0.2, 0) is 0 Å². The van der Waals surface area contributed by atoms with Crippen LogP contribution in [0.2, 0.25) is 0 Å². The van der Waals surface area contributed by atoms with Crippen LogP contribution in [0, 0.1) is 0 Å². The van der Waals surface area contributed by atoms with Crippen LogP contribution < -0.4 is 14.8 Å². The summed E-state index contributed by atoms with van der Waals surface area (Å²) in [4.78, 5) is 15.9. The second-order valence-electron chi connectivity index (χ2n) is 4.84.